The van der Waals surface area contributed by atoms with Gasteiger partial charge in [-0.15, -0.1) is 0 Å². The van der Waals surface area contributed by atoms with Crippen LogP contribution in [0.15, 0.2) is 65.8 Å². The molecule has 0 aliphatic carbocycles. The summed E-state index contributed by atoms with van der Waals surface area (Å²) in [6.45, 7) is 0.242. The fraction of sp³-hybridized carbons (Fsp3) is 0.333. The molecule has 2 aromatic carbocycles. The summed E-state index contributed by atoms with van der Waals surface area (Å²) in [7, 11) is 0. The van der Waals surface area contributed by atoms with E-state index in [0.29, 0.717) is 6.42 Å². The van der Waals surface area contributed by atoms with Crippen molar-refractivity contribution in [1.82, 2.24) is 0 Å². The molecule has 0 saturated carbocycles. The third-order valence-corrected chi connectivity index (χ3v) is 4.29. The lowest BCUT2D eigenvalue weighted by Crippen LogP contribution is -2.42. The molecule has 1 aliphatic heterocycles. The Labute approximate surface area is 135 Å². The topological polar surface area (TPSA) is 78.2 Å². The van der Waals surface area contributed by atoms with E-state index in [4.69, 9.17) is 10.3 Å². The maximum atomic E-state index is 10.3. The average molecular weight is 309 g/mol. The van der Waals surface area contributed by atoms with Crippen LogP contribution in [0.25, 0.3) is 10.4 Å². The van der Waals surface area contributed by atoms with Crippen molar-refractivity contribution >= 4 is 0 Å². The van der Waals surface area contributed by atoms with Crippen LogP contribution in [0.5, 0.6) is 0 Å². The molecule has 5 nitrogen and oxygen atoms in total. The van der Waals surface area contributed by atoms with Crippen LogP contribution in [0.2, 0.25) is 0 Å². The monoisotopic (exact) mass is 309 g/mol. The minimum atomic E-state index is -0.681. The van der Waals surface area contributed by atoms with Crippen molar-refractivity contribution in [2.45, 2.75) is 30.6 Å². The molecule has 2 aromatic rings. The summed E-state index contributed by atoms with van der Waals surface area (Å²) in [5, 5.41) is 13.9. The SMILES string of the molecule is [N-]=[N+]=N[C@@H]1CO[C@H](C(c2ccccc2)c2ccccc2)C[C@H]1O. The van der Waals surface area contributed by atoms with E-state index in [2.05, 4.69) is 34.3 Å². The third-order valence-electron chi connectivity index (χ3n) is 4.29. The van der Waals surface area contributed by atoms with Gasteiger partial charge in [0.05, 0.1) is 24.9 Å². The van der Waals surface area contributed by atoms with E-state index in [0.717, 1.165) is 11.1 Å². The Balaban J connectivity index is 1.90. The summed E-state index contributed by atoms with van der Waals surface area (Å²) in [4.78, 5) is 2.78. The molecule has 23 heavy (non-hydrogen) atoms. The molecule has 0 radical (unpaired) electrons. The molecule has 0 spiro atoms. The lowest BCUT2D eigenvalue weighted by Gasteiger charge is -2.36. The first kappa shape index (κ1) is 15.6. The molecular formula is C18H19N3O2. The number of aliphatic hydroxyl groups is 1. The zero-order chi connectivity index (χ0) is 16.1. The minimum absolute atomic E-state index is 0.0408. The maximum Gasteiger partial charge on any atom is 0.0868 e. The molecule has 3 atom stereocenters. The van der Waals surface area contributed by atoms with Gasteiger partial charge in [-0.05, 0) is 16.7 Å². The standard InChI is InChI=1S/C18H19N3O2/c19-21-20-15-12-23-17(11-16(15)22)18(13-7-3-1-4-8-13)14-9-5-2-6-10-14/h1-10,15-18,22H,11-12H2/t15-,16-,17+/m1/s1. The van der Waals surface area contributed by atoms with Crippen LogP contribution < -0.4 is 0 Å². The van der Waals surface area contributed by atoms with Gasteiger partial charge in [0.1, 0.15) is 0 Å². The highest BCUT2D eigenvalue weighted by molar-refractivity contribution is 5.34. The summed E-state index contributed by atoms with van der Waals surface area (Å²) in [5.74, 6) is 0.0408. The highest BCUT2D eigenvalue weighted by Crippen LogP contribution is 2.34. The van der Waals surface area contributed by atoms with Crippen LogP contribution in [0.1, 0.15) is 23.5 Å². The number of benzene rings is 2. The average Bonchev–Trinajstić information content (AvgIpc) is 2.60. The zero-order valence-corrected chi connectivity index (χ0v) is 12.7. The molecule has 1 aliphatic rings. The number of hydrogen-bond donors (Lipinski definition) is 1. The molecule has 0 bridgehead atoms. The predicted octanol–water partition coefficient (Wildman–Crippen LogP) is 3.65. The van der Waals surface area contributed by atoms with E-state index in [1.165, 1.54) is 0 Å². The summed E-state index contributed by atoms with van der Waals surface area (Å²) in [6.07, 6.45) is -0.391. The summed E-state index contributed by atoms with van der Waals surface area (Å²) in [6, 6.07) is 19.8. The van der Waals surface area contributed by atoms with E-state index in [9.17, 15) is 5.11 Å². The first-order chi connectivity index (χ1) is 11.3. The number of hydrogen-bond acceptors (Lipinski definition) is 3. The van der Waals surface area contributed by atoms with Gasteiger partial charge >= 0.3 is 0 Å². The smallest absolute Gasteiger partial charge is 0.0868 e. The van der Waals surface area contributed by atoms with Crippen LogP contribution in [0, 0.1) is 0 Å². The third kappa shape index (κ3) is 3.54. The quantitative estimate of drug-likeness (QED) is 0.531. The van der Waals surface area contributed by atoms with Gasteiger partial charge in [-0.3, -0.25) is 0 Å². The van der Waals surface area contributed by atoms with Crippen molar-refractivity contribution in [3.8, 4) is 0 Å². The van der Waals surface area contributed by atoms with Gasteiger partial charge in [-0.1, -0.05) is 65.8 Å². The Morgan fingerprint density at radius 1 is 1.04 bits per heavy atom. The summed E-state index contributed by atoms with van der Waals surface area (Å²) < 4.78 is 5.96. The van der Waals surface area contributed by atoms with Crippen molar-refractivity contribution in [3.63, 3.8) is 0 Å². The first-order valence-corrected chi connectivity index (χ1v) is 7.73. The predicted molar refractivity (Wildman–Crippen MR) is 88.0 cm³/mol. The van der Waals surface area contributed by atoms with E-state index in [1.807, 2.05) is 36.4 Å². The fourth-order valence-corrected chi connectivity index (χ4v) is 3.15. The number of azide groups is 1. The van der Waals surface area contributed by atoms with Gasteiger partial charge in [-0.2, -0.15) is 0 Å². The molecule has 1 heterocycles. The number of rotatable bonds is 4. The molecule has 5 heteroatoms. The lowest BCUT2D eigenvalue weighted by molar-refractivity contribution is -0.0623. The summed E-state index contributed by atoms with van der Waals surface area (Å²) >= 11 is 0. The Kier molecular flexibility index (Phi) is 4.93. The molecule has 1 saturated heterocycles. The van der Waals surface area contributed by atoms with E-state index in [1.54, 1.807) is 0 Å². The van der Waals surface area contributed by atoms with Crippen LogP contribution >= 0.6 is 0 Å². The lowest BCUT2D eigenvalue weighted by atomic mass is 9.82. The highest BCUT2D eigenvalue weighted by atomic mass is 16.5. The van der Waals surface area contributed by atoms with Crippen molar-refractivity contribution in [3.05, 3.63) is 82.2 Å². The van der Waals surface area contributed by atoms with Crippen molar-refractivity contribution in [2.75, 3.05) is 6.61 Å². The first-order valence-electron chi connectivity index (χ1n) is 7.73. The second-order valence-corrected chi connectivity index (χ2v) is 5.75. The van der Waals surface area contributed by atoms with Gasteiger partial charge in [0.15, 0.2) is 0 Å². The second-order valence-electron chi connectivity index (χ2n) is 5.75. The number of aliphatic hydroxyl groups excluding tert-OH is 1. The molecule has 1 fully saturated rings. The molecular weight excluding hydrogens is 290 g/mol. The van der Waals surface area contributed by atoms with Crippen LogP contribution in [-0.4, -0.2) is 30.0 Å². The largest absolute Gasteiger partial charge is 0.393 e. The Bertz CT molecular complexity index is 632. The normalized spacial score (nSPS) is 24.2. The number of nitrogens with zero attached hydrogens (tertiary/aromatic N) is 3. The van der Waals surface area contributed by atoms with Gasteiger partial charge in [0, 0.05) is 17.3 Å². The fourth-order valence-electron chi connectivity index (χ4n) is 3.15. The van der Waals surface area contributed by atoms with Gasteiger partial charge in [-0.25, -0.2) is 0 Å². The van der Waals surface area contributed by atoms with E-state index < -0.39 is 12.1 Å². The Morgan fingerprint density at radius 3 is 2.09 bits per heavy atom. The van der Waals surface area contributed by atoms with Crippen molar-refractivity contribution in [2.24, 2.45) is 5.11 Å². The van der Waals surface area contributed by atoms with E-state index >= 15 is 0 Å². The van der Waals surface area contributed by atoms with Crippen LogP contribution in [0.3, 0.4) is 0 Å². The molecule has 118 valence electrons. The van der Waals surface area contributed by atoms with Crippen molar-refractivity contribution in [1.29, 1.82) is 0 Å². The van der Waals surface area contributed by atoms with Crippen molar-refractivity contribution < 1.29 is 9.84 Å². The molecule has 1 N–H and O–H groups in total. The minimum Gasteiger partial charge on any atom is -0.393 e. The maximum absolute atomic E-state index is 10.3. The van der Waals surface area contributed by atoms with Gasteiger partial charge in [0.25, 0.3) is 0 Å². The number of ether oxygens (including phenoxy) is 1. The molecule has 3 rings (SSSR count). The van der Waals surface area contributed by atoms with Crippen LogP contribution in [-0.2, 0) is 4.74 Å². The second kappa shape index (κ2) is 7.29. The van der Waals surface area contributed by atoms with Gasteiger partial charge in [0.2, 0.25) is 0 Å². The summed E-state index contributed by atoms with van der Waals surface area (Å²) in [5.41, 5.74) is 10.9. The molecule has 0 unspecified atom stereocenters. The zero-order valence-electron chi connectivity index (χ0n) is 12.7. The van der Waals surface area contributed by atoms with Crippen LogP contribution in [0.4, 0.5) is 0 Å². The highest BCUT2D eigenvalue weighted by Gasteiger charge is 2.35. The Hall–Kier alpha value is -2.33. The molecule has 0 amide bonds. The molecule has 0 aromatic heterocycles. The Morgan fingerprint density at radius 2 is 1.61 bits per heavy atom. The van der Waals surface area contributed by atoms with E-state index in [-0.39, 0.29) is 18.6 Å². The van der Waals surface area contributed by atoms with Gasteiger partial charge < -0.3 is 9.84 Å².